The minimum absolute atomic E-state index is 0.218. The van der Waals surface area contributed by atoms with Crippen molar-refractivity contribution in [2.75, 3.05) is 0 Å². The number of carbonyl (C=O) groups is 3. The van der Waals surface area contributed by atoms with Gasteiger partial charge in [-0.2, -0.15) is 0 Å². The van der Waals surface area contributed by atoms with Gasteiger partial charge in [-0.3, -0.25) is 9.59 Å². The third kappa shape index (κ3) is 5.95. The Morgan fingerprint density at radius 2 is 2.09 bits per heavy atom. The molecule has 0 radical (unpaired) electrons. The summed E-state index contributed by atoms with van der Waals surface area (Å²) in [6.07, 6.45) is -0.551. The zero-order valence-electron chi connectivity index (χ0n) is 12.0. The van der Waals surface area contributed by atoms with Crippen LogP contribution in [0.4, 0.5) is 0 Å². The van der Waals surface area contributed by atoms with Gasteiger partial charge in [0.1, 0.15) is 5.60 Å². The minimum Gasteiger partial charge on any atom is -0.548 e. The molecule has 0 aliphatic rings. The van der Waals surface area contributed by atoms with E-state index < -0.39 is 35.8 Å². The fourth-order valence-electron chi connectivity index (χ4n) is 1.37. The molecule has 1 rings (SSSR count). The molecule has 0 saturated carbocycles. The van der Waals surface area contributed by atoms with Gasteiger partial charge in [0.25, 0.3) is 5.91 Å². The second-order valence-corrected chi connectivity index (χ2v) is 6.07. The van der Waals surface area contributed by atoms with Crippen LogP contribution in [0.15, 0.2) is 12.1 Å². The standard InChI is InChI=1S/C14H16N2O5S/c1-14(2,21)6-5-8-3-4-10(22-8)12(18)16-9(13(19)20)7-11(15)17/h3-4,9,21H,7H2,1-2H3,(H2,15,17)(H,16,18)(H,19,20)/p-1/t9-/m1/s1. The lowest BCUT2D eigenvalue weighted by atomic mass is 10.1. The van der Waals surface area contributed by atoms with Gasteiger partial charge in [0.15, 0.2) is 0 Å². The van der Waals surface area contributed by atoms with Crippen LogP contribution in [0.2, 0.25) is 0 Å². The molecule has 1 aromatic heterocycles. The summed E-state index contributed by atoms with van der Waals surface area (Å²) >= 11 is 1.03. The molecule has 118 valence electrons. The lowest BCUT2D eigenvalue weighted by Gasteiger charge is -2.17. The summed E-state index contributed by atoms with van der Waals surface area (Å²) < 4.78 is 0. The third-order valence-corrected chi connectivity index (χ3v) is 3.32. The summed E-state index contributed by atoms with van der Waals surface area (Å²) in [4.78, 5) is 34.3. The van der Waals surface area contributed by atoms with Crippen molar-refractivity contribution in [3.05, 3.63) is 21.9 Å². The van der Waals surface area contributed by atoms with E-state index in [0.717, 1.165) is 11.3 Å². The molecule has 2 amide bonds. The summed E-state index contributed by atoms with van der Waals surface area (Å²) in [5, 5.41) is 22.5. The maximum atomic E-state index is 11.9. The molecule has 1 atom stereocenters. The molecule has 0 spiro atoms. The summed E-state index contributed by atoms with van der Waals surface area (Å²) in [7, 11) is 0. The van der Waals surface area contributed by atoms with E-state index in [1.54, 1.807) is 6.07 Å². The van der Waals surface area contributed by atoms with E-state index in [1.165, 1.54) is 19.9 Å². The van der Waals surface area contributed by atoms with E-state index in [2.05, 4.69) is 17.2 Å². The second kappa shape index (κ2) is 7.06. The molecule has 0 unspecified atom stereocenters. The van der Waals surface area contributed by atoms with Gasteiger partial charge in [0.05, 0.1) is 28.2 Å². The molecule has 0 bridgehead atoms. The molecule has 0 fully saturated rings. The zero-order chi connectivity index (χ0) is 16.9. The Balaban J connectivity index is 2.81. The van der Waals surface area contributed by atoms with Crippen LogP contribution >= 0.6 is 11.3 Å². The van der Waals surface area contributed by atoms with Crippen molar-refractivity contribution in [1.29, 1.82) is 0 Å². The van der Waals surface area contributed by atoms with Crippen molar-refractivity contribution in [2.45, 2.75) is 31.9 Å². The van der Waals surface area contributed by atoms with Crippen LogP contribution in [0.25, 0.3) is 0 Å². The van der Waals surface area contributed by atoms with Crippen molar-refractivity contribution in [2.24, 2.45) is 5.73 Å². The predicted molar refractivity (Wildman–Crippen MR) is 77.6 cm³/mol. The molecular formula is C14H15N2O5S-. The summed E-state index contributed by atoms with van der Waals surface area (Å²) in [6, 6.07) is 1.55. The monoisotopic (exact) mass is 323 g/mol. The number of primary amides is 1. The summed E-state index contributed by atoms with van der Waals surface area (Å²) in [5.74, 6) is 2.17. The minimum atomic E-state index is -1.59. The molecule has 1 heterocycles. The molecule has 8 heteroatoms. The molecule has 0 aromatic carbocycles. The molecule has 4 N–H and O–H groups in total. The zero-order valence-corrected chi connectivity index (χ0v) is 12.8. The van der Waals surface area contributed by atoms with Crippen LogP contribution in [0, 0.1) is 11.8 Å². The number of carboxylic acids is 1. The molecule has 0 saturated heterocycles. The van der Waals surface area contributed by atoms with E-state index in [0.29, 0.717) is 4.88 Å². The van der Waals surface area contributed by atoms with Gasteiger partial charge in [-0.1, -0.05) is 11.8 Å². The Hall–Kier alpha value is -2.37. The highest BCUT2D eigenvalue weighted by Gasteiger charge is 2.18. The van der Waals surface area contributed by atoms with E-state index in [-0.39, 0.29) is 4.88 Å². The number of rotatable bonds is 5. The lowest BCUT2D eigenvalue weighted by molar-refractivity contribution is -0.308. The molecule has 1 aromatic rings. The first kappa shape index (κ1) is 17.7. The Bertz CT molecular complexity index is 648. The van der Waals surface area contributed by atoms with Gasteiger partial charge in [0.2, 0.25) is 5.91 Å². The molecule has 0 aliphatic heterocycles. The Morgan fingerprint density at radius 1 is 1.45 bits per heavy atom. The normalized spacial score (nSPS) is 12.0. The van der Waals surface area contributed by atoms with Gasteiger partial charge < -0.3 is 26.1 Å². The summed E-state index contributed by atoms with van der Waals surface area (Å²) in [5.41, 5.74) is 3.75. The van der Waals surface area contributed by atoms with Crippen molar-refractivity contribution in [1.82, 2.24) is 5.32 Å². The number of amides is 2. The highest BCUT2D eigenvalue weighted by Crippen LogP contribution is 2.16. The maximum absolute atomic E-state index is 11.9. The fourth-order valence-corrected chi connectivity index (χ4v) is 2.13. The Kier molecular flexibility index (Phi) is 5.68. The topological polar surface area (TPSA) is 133 Å². The van der Waals surface area contributed by atoms with Crippen LogP contribution in [-0.2, 0) is 9.59 Å². The number of carbonyl (C=O) groups excluding carboxylic acids is 3. The largest absolute Gasteiger partial charge is 0.548 e. The highest BCUT2D eigenvalue weighted by molar-refractivity contribution is 7.14. The van der Waals surface area contributed by atoms with Crippen LogP contribution < -0.4 is 16.2 Å². The number of hydrogen-bond acceptors (Lipinski definition) is 6. The van der Waals surface area contributed by atoms with Crippen LogP contribution in [0.1, 0.15) is 34.8 Å². The van der Waals surface area contributed by atoms with Crippen LogP contribution in [0.3, 0.4) is 0 Å². The van der Waals surface area contributed by atoms with E-state index in [1.807, 2.05) is 0 Å². The average Bonchev–Trinajstić information content (AvgIpc) is 2.82. The number of nitrogens with one attached hydrogen (secondary N) is 1. The molecule has 22 heavy (non-hydrogen) atoms. The van der Waals surface area contributed by atoms with Crippen molar-refractivity contribution < 1.29 is 24.6 Å². The lowest BCUT2D eigenvalue weighted by Crippen LogP contribution is -2.49. The van der Waals surface area contributed by atoms with E-state index in [4.69, 9.17) is 5.73 Å². The van der Waals surface area contributed by atoms with Gasteiger partial charge in [0, 0.05) is 0 Å². The van der Waals surface area contributed by atoms with Crippen LogP contribution in [0.5, 0.6) is 0 Å². The van der Waals surface area contributed by atoms with Crippen molar-refractivity contribution in [3.8, 4) is 11.8 Å². The van der Waals surface area contributed by atoms with Crippen molar-refractivity contribution in [3.63, 3.8) is 0 Å². The number of hydrogen-bond donors (Lipinski definition) is 3. The molecule has 0 aliphatic carbocycles. The van der Waals surface area contributed by atoms with E-state index >= 15 is 0 Å². The number of aliphatic hydroxyl groups is 1. The predicted octanol–water partition coefficient (Wildman–Crippen LogP) is -1.41. The van der Waals surface area contributed by atoms with Crippen molar-refractivity contribution >= 4 is 29.1 Å². The van der Waals surface area contributed by atoms with Crippen LogP contribution in [-0.4, -0.2) is 34.5 Å². The first-order chi connectivity index (χ1) is 10.1. The van der Waals surface area contributed by atoms with Gasteiger partial charge >= 0.3 is 0 Å². The van der Waals surface area contributed by atoms with Gasteiger partial charge in [-0.05, 0) is 26.0 Å². The van der Waals surface area contributed by atoms with Gasteiger partial charge in [-0.25, -0.2) is 0 Å². The number of thiophene rings is 1. The quantitative estimate of drug-likeness (QED) is 0.573. The second-order valence-electron chi connectivity index (χ2n) is 4.99. The molecule has 7 nitrogen and oxygen atoms in total. The number of carboxylic acid groups (broad SMARTS) is 1. The Labute approximate surface area is 131 Å². The average molecular weight is 323 g/mol. The number of aliphatic carboxylic acids is 1. The maximum Gasteiger partial charge on any atom is 0.261 e. The van der Waals surface area contributed by atoms with E-state index in [9.17, 15) is 24.6 Å². The molecular weight excluding hydrogens is 308 g/mol. The van der Waals surface area contributed by atoms with Gasteiger partial charge in [-0.15, -0.1) is 11.3 Å². The highest BCUT2D eigenvalue weighted by atomic mass is 32.1. The number of nitrogens with two attached hydrogens (primary N) is 1. The first-order valence-corrected chi connectivity index (χ1v) is 7.05. The summed E-state index contributed by atoms with van der Waals surface area (Å²) in [6.45, 7) is 3.05. The third-order valence-electron chi connectivity index (χ3n) is 2.32. The fraction of sp³-hybridized carbons (Fsp3) is 0.357. The SMILES string of the molecule is CC(C)(O)C#Cc1ccc(C(=O)N[C@H](CC(N)=O)C(=O)[O-])s1. The smallest absolute Gasteiger partial charge is 0.261 e. The Morgan fingerprint density at radius 3 is 2.59 bits per heavy atom. The first-order valence-electron chi connectivity index (χ1n) is 6.24.